The molecule has 2 heterocycles. The molecule has 0 N–H and O–H groups in total. The fourth-order valence-corrected chi connectivity index (χ4v) is 2.87. The van der Waals surface area contributed by atoms with Crippen molar-refractivity contribution in [2.75, 3.05) is 5.75 Å². The SMILES string of the molecule is O=C1CSC(=S)N1/N=C\c1ccc(Cl)s1. The van der Waals surface area contributed by atoms with E-state index >= 15 is 0 Å². The van der Waals surface area contributed by atoms with Crippen LogP contribution >= 0.6 is 46.9 Å². The Hall–Kier alpha value is -0.430. The molecule has 3 nitrogen and oxygen atoms in total. The molecule has 0 aliphatic carbocycles. The number of rotatable bonds is 2. The summed E-state index contributed by atoms with van der Waals surface area (Å²) in [5.74, 6) is 0.297. The molecular weight excluding hydrogens is 272 g/mol. The quantitative estimate of drug-likeness (QED) is 0.615. The monoisotopic (exact) mass is 276 g/mol. The van der Waals surface area contributed by atoms with E-state index < -0.39 is 0 Å². The first-order valence-corrected chi connectivity index (χ1v) is 6.54. The fourth-order valence-electron chi connectivity index (χ4n) is 0.971. The van der Waals surface area contributed by atoms with Gasteiger partial charge in [0.2, 0.25) is 0 Å². The lowest BCUT2D eigenvalue weighted by Crippen LogP contribution is -2.22. The van der Waals surface area contributed by atoms with E-state index in [9.17, 15) is 4.79 Å². The Morgan fingerprint density at radius 2 is 2.40 bits per heavy atom. The van der Waals surface area contributed by atoms with E-state index in [1.165, 1.54) is 28.1 Å². The summed E-state index contributed by atoms with van der Waals surface area (Å²) in [5, 5.41) is 5.26. The molecule has 0 aromatic carbocycles. The van der Waals surface area contributed by atoms with Crippen molar-refractivity contribution in [3.8, 4) is 0 Å². The van der Waals surface area contributed by atoms with Gasteiger partial charge in [-0.2, -0.15) is 10.1 Å². The average molecular weight is 277 g/mol. The lowest BCUT2D eigenvalue weighted by Gasteiger charge is -2.05. The third-order valence-electron chi connectivity index (χ3n) is 1.62. The molecule has 0 atom stereocenters. The topological polar surface area (TPSA) is 32.7 Å². The summed E-state index contributed by atoms with van der Waals surface area (Å²) in [4.78, 5) is 12.2. The van der Waals surface area contributed by atoms with Gasteiger partial charge >= 0.3 is 0 Å². The van der Waals surface area contributed by atoms with E-state index in [1.54, 1.807) is 12.3 Å². The second-order valence-corrected chi connectivity index (χ2v) is 6.00. The van der Waals surface area contributed by atoms with Crippen LogP contribution in [0.15, 0.2) is 17.2 Å². The maximum Gasteiger partial charge on any atom is 0.259 e. The first kappa shape index (κ1) is 11.1. The van der Waals surface area contributed by atoms with Crippen LogP contribution in [0, 0.1) is 0 Å². The number of amides is 1. The maximum absolute atomic E-state index is 11.3. The molecule has 1 fully saturated rings. The Balaban J connectivity index is 2.11. The Kier molecular flexibility index (Phi) is 3.40. The van der Waals surface area contributed by atoms with Crippen molar-refractivity contribution in [2.45, 2.75) is 0 Å². The molecule has 1 aromatic heterocycles. The molecule has 78 valence electrons. The summed E-state index contributed by atoms with van der Waals surface area (Å²) in [6, 6.07) is 3.62. The number of thiocarbonyl (C=S) groups is 1. The van der Waals surface area contributed by atoms with Gasteiger partial charge in [-0.25, -0.2) is 0 Å². The van der Waals surface area contributed by atoms with Crippen LogP contribution < -0.4 is 0 Å². The summed E-state index contributed by atoms with van der Waals surface area (Å²) >= 11 is 13.5. The molecule has 1 amide bonds. The smallest absolute Gasteiger partial charge is 0.259 e. The van der Waals surface area contributed by atoms with E-state index in [0.717, 1.165) is 4.88 Å². The summed E-state index contributed by atoms with van der Waals surface area (Å²) in [7, 11) is 0. The number of thioether (sulfide) groups is 1. The minimum absolute atomic E-state index is 0.0797. The molecule has 0 spiro atoms. The van der Waals surface area contributed by atoms with Gasteiger partial charge < -0.3 is 0 Å². The van der Waals surface area contributed by atoms with Crippen molar-refractivity contribution in [3.63, 3.8) is 0 Å². The first-order valence-electron chi connectivity index (χ1n) is 3.96. The van der Waals surface area contributed by atoms with Crippen LogP contribution in [-0.2, 0) is 4.79 Å². The molecule has 1 aromatic rings. The summed E-state index contributed by atoms with van der Waals surface area (Å²) in [5.41, 5.74) is 0. The van der Waals surface area contributed by atoms with Gasteiger partial charge in [0.1, 0.15) is 0 Å². The second kappa shape index (κ2) is 4.61. The minimum Gasteiger partial charge on any atom is -0.272 e. The highest BCUT2D eigenvalue weighted by atomic mass is 35.5. The first-order chi connectivity index (χ1) is 7.16. The normalized spacial score (nSPS) is 17.0. The van der Waals surface area contributed by atoms with Gasteiger partial charge in [0.25, 0.3) is 5.91 Å². The Morgan fingerprint density at radius 3 is 2.93 bits per heavy atom. The molecule has 0 bridgehead atoms. The zero-order valence-electron chi connectivity index (χ0n) is 7.34. The fraction of sp³-hybridized carbons (Fsp3) is 0.125. The predicted molar refractivity (Wildman–Crippen MR) is 68.8 cm³/mol. The molecule has 2 rings (SSSR count). The largest absolute Gasteiger partial charge is 0.272 e. The van der Waals surface area contributed by atoms with Gasteiger partial charge in [0.15, 0.2) is 4.32 Å². The van der Waals surface area contributed by atoms with E-state index in [4.69, 9.17) is 23.8 Å². The van der Waals surface area contributed by atoms with Crippen LogP contribution in [0.2, 0.25) is 4.34 Å². The average Bonchev–Trinajstić information content (AvgIpc) is 2.73. The predicted octanol–water partition coefficient (Wildman–Crippen LogP) is 2.60. The van der Waals surface area contributed by atoms with E-state index in [-0.39, 0.29) is 5.91 Å². The molecule has 1 aliphatic rings. The van der Waals surface area contributed by atoms with Crippen LogP contribution in [0.4, 0.5) is 0 Å². The van der Waals surface area contributed by atoms with Crippen molar-refractivity contribution in [1.82, 2.24) is 5.01 Å². The molecule has 7 heteroatoms. The number of carbonyl (C=O) groups excluding carboxylic acids is 1. The summed E-state index contributed by atoms with van der Waals surface area (Å²) in [6.45, 7) is 0. The Labute approximate surface area is 105 Å². The molecule has 0 unspecified atom stereocenters. The van der Waals surface area contributed by atoms with Crippen molar-refractivity contribution >= 4 is 63.4 Å². The van der Waals surface area contributed by atoms with Crippen molar-refractivity contribution in [1.29, 1.82) is 0 Å². The molecule has 15 heavy (non-hydrogen) atoms. The van der Waals surface area contributed by atoms with Crippen LogP contribution in [0.3, 0.4) is 0 Å². The van der Waals surface area contributed by atoms with Gasteiger partial charge in [0, 0.05) is 4.88 Å². The maximum atomic E-state index is 11.3. The van der Waals surface area contributed by atoms with Gasteiger partial charge in [0.05, 0.1) is 16.3 Å². The molecular formula is C8H5ClN2OS3. The van der Waals surface area contributed by atoms with Crippen molar-refractivity contribution in [3.05, 3.63) is 21.3 Å². The highest BCUT2D eigenvalue weighted by Crippen LogP contribution is 2.22. The summed E-state index contributed by atoms with van der Waals surface area (Å²) < 4.78 is 1.19. The highest BCUT2D eigenvalue weighted by molar-refractivity contribution is 8.23. The van der Waals surface area contributed by atoms with Crippen LogP contribution in [-0.4, -0.2) is 27.2 Å². The third-order valence-corrected chi connectivity index (χ3v) is 4.13. The number of nitrogens with zero attached hydrogens (tertiary/aromatic N) is 2. The van der Waals surface area contributed by atoms with Crippen LogP contribution in [0.1, 0.15) is 4.88 Å². The van der Waals surface area contributed by atoms with Crippen LogP contribution in [0.25, 0.3) is 0 Å². The Morgan fingerprint density at radius 1 is 1.60 bits per heavy atom. The van der Waals surface area contributed by atoms with E-state index in [0.29, 0.717) is 14.4 Å². The lowest BCUT2D eigenvalue weighted by atomic mass is 10.5. The zero-order valence-corrected chi connectivity index (χ0v) is 10.5. The number of hydrogen-bond acceptors (Lipinski definition) is 5. The van der Waals surface area contributed by atoms with Gasteiger partial charge in [-0.05, 0) is 12.1 Å². The molecule has 1 aliphatic heterocycles. The molecule has 1 saturated heterocycles. The van der Waals surface area contributed by atoms with E-state index in [2.05, 4.69) is 5.10 Å². The summed E-state index contributed by atoms with van der Waals surface area (Å²) in [6.07, 6.45) is 1.59. The zero-order chi connectivity index (χ0) is 10.8. The van der Waals surface area contributed by atoms with E-state index in [1.807, 2.05) is 6.07 Å². The van der Waals surface area contributed by atoms with Crippen molar-refractivity contribution in [2.24, 2.45) is 5.10 Å². The van der Waals surface area contributed by atoms with Gasteiger partial charge in [-0.15, -0.1) is 11.3 Å². The van der Waals surface area contributed by atoms with Crippen LogP contribution in [0.5, 0.6) is 0 Å². The number of hydrogen-bond donors (Lipinski definition) is 0. The van der Waals surface area contributed by atoms with Gasteiger partial charge in [-0.3, -0.25) is 4.79 Å². The second-order valence-electron chi connectivity index (χ2n) is 2.65. The minimum atomic E-state index is -0.0797. The number of hydrazone groups is 1. The molecule has 0 saturated carbocycles. The number of carbonyl (C=O) groups is 1. The van der Waals surface area contributed by atoms with Gasteiger partial charge in [-0.1, -0.05) is 35.6 Å². The Bertz CT molecular complexity index is 427. The standard InChI is InChI=1S/C8H5ClN2OS3/c9-6-2-1-5(15-6)3-10-11-7(12)4-14-8(11)13/h1-3H,4H2/b10-3-. The number of thiophene rings is 1. The third kappa shape index (κ3) is 2.57. The highest BCUT2D eigenvalue weighted by Gasteiger charge is 2.25. The number of halogens is 1. The van der Waals surface area contributed by atoms with Crippen molar-refractivity contribution < 1.29 is 4.79 Å². The molecule has 0 radical (unpaired) electrons. The lowest BCUT2D eigenvalue weighted by molar-refractivity contribution is -0.123.